The highest BCUT2D eigenvalue weighted by atomic mass is 32.1. The average Bonchev–Trinajstić information content (AvgIpc) is 3.00. The molecule has 0 radical (unpaired) electrons. The summed E-state index contributed by atoms with van der Waals surface area (Å²) >= 11 is 1.67. The summed E-state index contributed by atoms with van der Waals surface area (Å²) in [5.74, 6) is -0.587. The van der Waals surface area contributed by atoms with Gasteiger partial charge in [0.2, 0.25) is 0 Å². The number of benzene rings is 1. The molecule has 0 aliphatic carbocycles. The molecule has 112 valence electrons. The van der Waals surface area contributed by atoms with E-state index >= 15 is 0 Å². The molecule has 2 N–H and O–H groups in total. The number of aliphatic hydroxyl groups is 1. The van der Waals surface area contributed by atoms with Gasteiger partial charge in [0, 0.05) is 17.3 Å². The zero-order valence-electron chi connectivity index (χ0n) is 12.4. The molecule has 2 aromatic rings. The maximum atomic E-state index is 12.3. The Kier molecular flexibility index (Phi) is 5.15. The summed E-state index contributed by atoms with van der Waals surface area (Å²) in [7, 11) is 0. The van der Waals surface area contributed by atoms with Gasteiger partial charge < -0.3 is 10.4 Å². The van der Waals surface area contributed by atoms with Crippen LogP contribution in [-0.4, -0.2) is 23.2 Å². The molecule has 0 aliphatic heterocycles. The molecule has 0 aliphatic rings. The molecule has 0 spiro atoms. The molecule has 0 saturated carbocycles. The minimum atomic E-state index is -1.42. The highest BCUT2D eigenvalue weighted by Crippen LogP contribution is 2.27. The summed E-state index contributed by atoms with van der Waals surface area (Å²) < 4.78 is 0. The SMILES string of the molecule is C[C@H](c1ccccc1)[C@@](C)(O)C(=O)NCCc1cccs1. The first kappa shape index (κ1) is 15.7. The van der Waals surface area contributed by atoms with Gasteiger partial charge in [-0.25, -0.2) is 0 Å². The third-order valence-corrected chi connectivity index (χ3v) is 4.78. The fourth-order valence-corrected chi connectivity index (χ4v) is 2.90. The molecular weight excluding hydrogens is 282 g/mol. The standard InChI is InChI=1S/C17H21NO2S/c1-13(14-7-4-3-5-8-14)17(2,20)16(19)18-11-10-15-9-6-12-21-15/h3-9,12-13,20H,10-11H2,1-2H3,(H,18,19)/t13-,17-/m1/s1. The molecular formula is C17H21NO2S. The fourth-order valence-electron chi connectivity index (χ4n) is 2.20. The lowest BCUT2D eigenvalue weighted by molar-refractivity contribution is -0.139. The Morgan fingerprint density at radius 3 is 2.62 bits per heavy atom. The Morgan fingerprint density at radius 2 is 2.00 bits per heavy atom. The van der Waals surface area contributed by atoms with Crippen molar-refractivity contribution >= 4 is 17.2 Å². The van der Waals surface area contributed by atoms with E-state index in [1.54, 1.807) is 18.3 Å². The second-order valence-corrected chi connectivity index (χ2v) is 6.40. The molecule has 4 heteroatoms. The van der Waals surface area contributed by atoms with Crippen LogP contribution in [-0.2, 0) is 11.2 Å². The van der Waals surface area contributed by atoms with Crippen LogP contribution in [0.2, 0.25) is 0 Å². The van der Waals surface area contributed by atoms with Crippen molar-refractivity contribution in [2.45, 2.75) is 31.8 Å². The first-order chi connectivity index (χ1) is 10.0. The van der Waals surface area contributed by atoms with E-state index in [0.717, 1.165) is 12.0 Å². The summed E-state index contributed by atoms with van der Waals surface area (Å²) in [6, 6.07) is 13.6. The van der Waals surface area contributed by atoms with Crippen LogP contribution in [0.3, 0.4) is 0 Å². The zero-order chi connectivity index (χ0) is 15.3. The van der Waals surface area contributed by atoms with Crippen LogP contribution in [0.5, 0.6) is 0 Å². The van der Waals surface area contributed by atoms with Gasteiger partial charge in [-0.3, -0.25) is 4.79 Å². The number of rotatable bonds is 6. The molecule has 2 atom stereocenters. The number of carbonyl (C=O) groups excluding carboxylic acids is 1. The second-order valence-electron chi connectivity index (χ2n) is 5.37. The molecule has 1 heterocycles. The number of nitrogens with one attached hydrogen (secondary N) is 1. The van der Waals surface area contributed by atoms with E-state index in [-0.39, 0.29) is 11.8 Å². The lowest BCUT2D eigenvalue weighted by Gasteiger charge is -2.29. The quantitative estimate of drug-likeness (QED) is 0.862. The summed E-state index contributed by atoms with van der Waals surface area (Å²) in [6.45, 7) is 3.98. The van der Waals surface area contributed by atoms with Crippen molar-refractivity contribution in [1.29, 1.82) is 0 Å². The van der Waals surface area contributed by atoms with Gasteiger partial charge in [0.15, 0.2) is 0 Å². The second kappa shape index (κ2) is 6.87. The molecule has 3 nitrogen and oxygen atoms in total. The summed E-state index contributed by atoms with van der Waals surface area (Å²) in [5, 5.41) is 15.4. The Labute approximate surface area is 129 Å². The van der Waals surface area contributed by atoms with Crippen LogP contribution >= 0.6 is 11.3 Å². The van der Waals surface area contributed by atoms with Gasteiger partial charge in [-0.15, -0.1) is 11.3 Å². The summed E-state index contributed by atoms with van der Waals surface area (Å²) in [5.41, 5.74) is -0.465. The van der Waals surface area contributed by atoms with E-state index in [1.807, 2.05) is 54.8 Å². The smallest absolute Gasteiger partial charge is 0.252 e. The van der Waals surface area contributed by atoms with Crippen LogP contribution in [0, 0.1) is 0 Å². The number of hydrogen-bond donors (Lipinski definition) is 2. The van der Waals surface area contributed by atoms with E-state index in [0.29, 0.717) is 6.54 Å². The molecule has 0 unspecified atom stereocenters. The minimum absolute atomic E-state index is 0.263. The van der Waals surface area contributed by atoms with Gasteiger partial charge in [-0.1, -0.05) is 43.3 Å². The van der Waals surface area contributed by atoms with Crippen molar-refractivity contribution in [3.63, 3.8) is 0 Å². The van der Waals surface area contributed by atoms with Crippen molar-refractivity contribution in [2.75, 3.05) is 6.54 Å². The molecule has 0 fully saturated rings. The van der Waals surface area contributed by atoms with Crippen molar-refractivity contribution in [1.82, 2.24) is 5.32 Å². The topological polar surface area (TPSA) is 49.3 Å². The average molecular weight is 303 g/mol. The Balaban J connectivity index is 1.93. The number of carbonyl (C=O) groups is 1. The Bertz CT molecular complexity index is 564. The fraction of sp³-hybridized carbons (Fsp3) is 0.353. The normalized spacial score (nSPS) is 15.2. The van der Waals surface area contributed by atoms with Crippen LogP contribution < -0.4 is 5.32 Å². The molecule has 1 aromatic carbocycles. The zero-order valence-corrected chi connectivity index (χ0v) is 13.2. The van der Waals surface area contributed by atoms with E-state index < -0.39 is 5.60 Å². The van der Waals surface area contributed by atoms with Crippen molar-refractivity contribution in [3.05, 3.63) is 58.3 Å². The van der Waals surface area contributed by atoms with Crippen LogP contribution in [0.1, 0.15) is 30.2 Å². The first-order valence-corrected chi connectivity index (χ1v) is 7.98. The predicted molar refractivity (Wildman–Crippen MR) is 86.5 cm³/mol. The molecule has 2 rings (SSSR count). The predicted octanol–water partition coefficient (Wildman–Crippen LogP) is 2.96. The maximum absolute atomic E-state index is 12.3. The van der Waals surface area contributed by atoms with Crippen molar-refractivity contribution in [2.24, 2.45) is 0 Å². The summed E-state index contributed by atoms with van der Waals surface area (Å²) in [4.78, 5) is 13.5. The minimum Gasteiger partial charge on any atom is -0.380 e. The van der Waals surface area contributed by atoms with Gasteiger partial charge in [-0.05, 0) is 30.4 Å². The van der Waals surface area contributed by atoms with Gasteiger partial charge in [-0.2, -0.15) is 0 Å². The monoisotopic (exact) mass is 303 g/mol. The number of thiophene rings is 1. The van der Waals surface area contributed by atoms with Gasteiger partial charge in [0.05, 0.1) is 0 Å². The molecule has 1 aromatic heterocycles. The highest BCUT2D eigenvalue weighted by Gasteiger charge is 2.37. The third-order valence-electron chi connectivity index (χ3n) is 3.84. The number of amides is 1. The van der Waals surface area contributed by atoms with E-state index in [1.165, 1.54) is 4.88 Å². The van der Waals surface area contributed by atoms with E-state index in [9.17, 15) is 9.90 Å². The van der Waals surface area contributed by atoms with E-state index in [4.69, 9.17) is 0 Å². The third kappa shape index (κ3) is 3.93. The van der Waals surface area contributed by atoms with Crippen LogP contribution in [0.15, 0.2) is 47.8 Å². The number of hydrogen-bond acceptors (Lipinski definition) is 3. The Hall–Kier alpha value is -1.65. The van der Waals surface area contributed by atoms with Crippen LogP contribution in [0.25, 0.3) is 0 Å². The van der Waals surface area contributed by atoms with Crippen molar-refractivity contribution in [3.8, 4) is 0 Å². The highest BCUT2D eigenvalue weighted by molar-refractivity contribution is 7.09. The van der Waals surface area contributed by atoms with Gasteiger partial charge in [0.25, 0.3) is 5.91 Å². The molecule has 1 amide bonds. The van der Waals surface area contributed by atoms with E-state index in [2.05, 4.69) is 5.32 Å². The molecule has 0 saturated heterocycles. The molecule has 0 bridgehead atoms. The Morgan fingerprint density at radius 1 is 1.29 bits per heavy atom. The van der Waals surface area contributed by atoms with Crippen molar-refractivity contribution < 1.29 is 9.90 Å². The van der Waals surface area contributed by atoms with Gasteiger partial charge in [0.1, 0.15) is 5.60 Å². The maximum Gasteiger partial charge on any atom is 0.252 e. The lowest BCUT2D eigenvalue weighted by Crippen LogP contribution is -2.48. The molecule has 21 heavy (non-hydrogen) atoms. The largest absolute Gasteiger partial charge is 0.380 e. The van der Waals surface area contributed by atoms with Gasteiger partial charge >= 0.3 is 0 Å². The lowest BCUT2D eigenvalue weighted by atomic mass is 9.84. The first-order valence-electron chi connectivity index (χ1n) is 7.10. The van der Waals surface area contributed by atoms with Crippen LogP contribution in [0.4, 0.5) is 0 Å². The summed E-state index contributed by atoms with van der Waals surface area (Å²) in [6.07, 6.45) is 0.791.